The minimum absolute atomic E-state index is 0.180. The van der Waals surface area contributed by atoms with Crippen molar-refractivity contribution in [3.63, 3.8) is 0 Å². The number of ether oxygens (including phenoxy) is 1. The van der Waals surface area contributed by atoms with Crippen LogP contribution in [0.2, 0.25) is 0 Å². The summed E-state index contributed by atoms with van der Waals surface area (Å²) in [5, 5.41) is 0. The molecule has 2 rings (SSSR count). The van der Waals surface area contributed by atoms with Crippen molar-refractivity contribution in [1.82, 2.24) is 4.98 Å². The molecule has 18 heavy (non-hydrogen) atoms. The van der Waals surface area contributed by atoms with Crippen LogP contribution >= 0.6 is 0 Å². The lowest BCUT2D eigenvalue weighted by Gasteiger charge is -2.01. The number of Topliss-reactive ketones (excluding diaryl/α,β-unsaturated/α-hetero) is 1. The van der Waals surface area contributed by atoms with Gasteiger partial charge in [0.2, 0.25) is 5.89 Å². The normalized spacial score (nSPS) is 10.1. The minimum atomic E-state index is -0.846. The van der Waals surface area contributed by atoms with E-state index in [0.717, 1.165) is 5.56 Å². The Morgan fingerprint density at radius 1 is 1.28 bits per heavy atom. The van der Waals surface area contributed by atoms with Crippen molar-refractivity contribution >= 4 is 11.8 Å². The van der Waals surface area contributed by atoms with Crippen LogP contribution in [-0.4, -0.2) is 23.3 Å². The summed E-state index contributed by atoms with van der Waals surface area (Å²) in [7, 11) is 0. The highest BCUT2D eigenvalue weighted by molar-refractivity contribution is 6.40. The Labute approximate surface area is 103 Å². The molecule has 0 amide bonds. The van der Waals surface area contributed by atoms with E-state index in [4.69, 9.17) is 4.42 Å². The first-order valence-corrected chi connectivity index (χ1v) is 5.43. The molecule has 1 heterocycles. The molecule has 0 spiro atoms. The highest BCUT2D eigenvalue weighted by Crippen LogP contribution is 2.17. The maximum Gasteiger partial charge on any atom is 0.379 e. The van der Waals surface area contributed by atoms with E-state index in [2.05, 4.69) is 9.72 Å². The van der Waals surface area contributed by atoms with Gasteiger partial charge in [0, 0.05) is 11.1 Å². The fraction of sp³-hybridized carbons (Fsp3) is 0.154. The monoisotopic (exact) mass is 245 g/mol. The molecule has 0 aliphatic rings. The van der Waals surface area contributed by atoms with Gasteiger partial charge in [-0.15, -0.1) is 0 Å². The molecule has 0 aliphatic carbocycles. The second-order valence-corrected chi connectivity index (χ2v) is 3.46. The molecule has 0 saturated carbocycles. The molecule has 92 valence electrons. The maximum atomic E-state index is 11.6. The molecule has 0 unspecified atom stereocenters. The second kappa shape index (κ2) is 5.27. The number of carbonyl (C=O) groups excluding carboxylic acids is 2. The third kappa shape index (κ3) is 2.45. The first-order valence-electron chi connectivity index (χ1n) is 5.43. The molecule has 0 radical (unpaired) electrons. The van der Waals surface area contributed by atoms with Crippen LogP contribution in [-0.2, 0) is 9.53 Å². The van der Waals surface area contributed by atoms with Crippen LogP contribution < -0.4 is 0 Å². The quantitative estimate of drug-likeness (QED) is 0.468. The van der Waals surface area contributed by atoms with E-state index in [1.807, 2.05) is 0 Å². The van der Waals surface area contributed by atoms with Gasteiger partial charge in [0.15, 0.2) is 0 Å². The van der Waals surface area contributed by atoms with Gasteiger partial charge in [0.05, 0.1) is 12.8 Å². The maximum absolute atomic E-state index is 11.6. The number of ketones is 1. The topological polar surface area (TPSA) is 69.4 Å². The molecule has 0 aliphatic heterocycles. The fourth-order valence-electron chi connectivity index (χ4n) is 1.44. The predicted molar refractivity (Wildman–Crippen MR) is 62.9 cm³/mol. The molecule has 1 aromatic carbocycles. The van der Waals surface area contributed by atoms with E-state index < -0.39 is 11.8 Å². The molecule has 0 saturated heterocycles. The molecule has 5 nitrogen and oxygen atoms in total. The van der Waals surface area contributed by atoms with Crippen LogP contribution in [0.3, 0.4) is 0 Å². The number of hydrogen-bond acceptors (Lipinski definition) is 5. The van der Waals surface area contributed by atoms with Crippen LogP contribution in [0.25, 0.3) is 11.5 Å². The van der Waals surface area contributed by atoms with E-state index >= 15 is 0 Å². The Kier molecular flexibility index (Phi) is 3.52. The van der Waals surface area contributed by atoms with Crippen molar-refractivity contribution in [1.29, 1.82) is 0 Å². The van der Waals surface area contributed by atoms with Crippen molar-refractivity contribution in [2.45, 2.75) is 6.92 Å². The molecule has 1 aromatic heterocycles. The Morgan fingerprint density at radius 3 is 2.56 bits per heavy atom. The molecule has 0 N–H and O–H groups in total. The molecule has 0 atom stereocenters. The number of hydrogen-bond donors (Lipinski definition) is 0. The number of aromatic nitrogens is 1. The van der Waals surface area contributed by atoms with Gasteiger partial charge in [-0.1, -0.05) is 0 Å². The second-order valence-electron chi connectivity index (χ2n) is 3.46. The van der Waals surface area contributed by atoms with E-state index in [9.17, 15) is 9.59 Å². The number of esters is 1. The van der Waals surface area contributed by atoms with Crippen LogP contribution in [0.4, 0.5) is 0 Å². The van der Waals surface area contributed by atoms with Gasteiger partial charge in [0.1, 0.15) is 6.26 Å². The summed E-state index contributed by atoms with van der Waals surface area (Å²) in [6.45, 7) is 1.83. The summed E-state index contributed by atoms with van der Waals surface area (Å²) in [4.78, 5) is 26.9. The largest absolute Gasteiger partial charge is 0.460 e. The van der Waals surface area contributed by atoms with Gasteiger partial charge in [-0.2, -0.15) is 0 Å². The smallest absolute Gasteiger partial charge is 0.379 e. The van der Waals surface area contributed by atoms with Gasteiger partial charge in [0.25, 0.3) is 5.78 Å². The summed E-state index contributed by atoms with van der Waals surface area (Å²) >= 11 is 0. The summed E-state index contributed by atoms with van der Waals surface area (Å²) in [5.74, 6) is -1.04. The van der Waals surface area contributed by atoms with E-state index in [0.29, 0.717) is 5.89 Å². The Morgan fingerprint density at radius 2 is 2.00 bits per heavy atom. The molecular weight excluding hydrogens is 234 g/mol. The van der Waals surface area contributed by atoms with Gasteiger partial charge in [-0.3, -0.25) is 4.79 Å². The number of rotatable bonds is 4. The van der Waals surface area contributed by atoms with E-state index in [1.165, 1.54) is 12.5 Å². The first-order chi connectivity index (χ1) is 8.72. The summed E-state index contributed by atoms with van der Waals surface area (Å²) < 4.78 is 9.76. The van der Waals surface area contributed by atoms with Crippen molar-refractivity contribution in [2.24, 2.45) is 0 Å². The van der Waals surface area contributed by atoms with Crippen molar-refractivity contribution in [3.8, 4) is 11.5 Å². The summed E-state index contributed by atoms with van der Waals surface area (Å²) in [6.07, 6.45) is 3.00. The standard InChI is InChI=1S/C13H11NO4/c1-2-17-13(16)11(15)9-3-5-10(6-4-9)12-14-7-8-18-12/h3-8H,2H2,1H3. The fourth-order valence-corrected chi connectivity index (χ4v) is 1.44. The predicted octanol–water partition coefficient (Wildman–Crippen LogP) is 2.09. The van der Waals surface area contributed by atoms with Crippen molar-refractivity contribution < 1.29 is 18.7 Å². The van der Waals surface area contributed by atoms with Gasteiger partial charge >= 0.3 is 5.97 Å². The third-order valence-corrected chi connectivity index (χ3v) is 2.29. The van der Waals surface area contributed by atoms with Gasteiger partial charge < -0.3 is 9.15 Å². The SMILES string of the molecule is CCOC(=O)C(=O)c1ccc(-c2ncco2)cc1. The van der Waals surface area contributed by atoms with Crippen LogP contribution in [0.15, 0.2) is 41.1 Å². The zero-order valence-electron chi connectivity index (χ0n) is 9.75. The van der Waals surface area contributed by atoms with Crippen molar-refractivity contribution in [3.05, 3.63) is 42.3 Å². The van der Waals surface area contributed by atoms with Crippen LogP contribution in [0.5, 0.6) is 0 Å². The van der Waals surface area contributed by atoms with Crippen LogP contribution in [0.1, 0.15) is 17.3 Å². The Balaban J connectivity index is 2.18. The molecule has 5 heteroatoms. The summed E-state index contributed by atoms with van der Waals surface area (Å²) in [5.41, 5.74) is 1.02. The average molecular weight is 245 g/mol. The Hall–Kier alpha value is -2.43. The summed E-state index contributed by atoms with van der Waals surface area (Å²) in [6, 6.07) is 6.41. The molecule has 2 aromatic rings. The van der Waals surface area contributed by atoms with E-state index in [-0.39, 0.29) is 12.2 Å². The number of oxazole rings is 1. The van der Waals surface area contributed by atoms with Gasteiger partial charge in [-0.25, -0.2) is 9.78 Å². The molecule has 0 fully saturated rings. The zero-order chi connectivity index (χ0) is 13.0. The highest BCUT2D eigenvalue weighted by Gasteiger charge is 2.17. The molecule has 0 bridgehead atoms. The number of carbonyl (C=O) groups is 2. The highest BCUT2D eigenvalue weighted by atomic mass is 16.5. The molecular formula is C13H11NO4. The minimum Gasteiger partial charge on any atom is -0.460 e. The van der Waals surface area contributed by atoms with E-state index in [1.54, 1.807) is 31.2 Å². The van der Waals surface area contributed by atoms with Crippen LogP contribution in [0, 0.1) is 0 Å². The van der Waals surface area contributed by atoms with Crippen molar-refractivity contribution in [2.75, 3.05) is 6.61 Å². The first kappa shape index (κ1) is 12.0. The lowest BCUT2D eigenvalue weighted by molar-refractivity contribution is -0.137. The lowest BCUT2D eigenvalue weighted by atomic mass is 10.1. The Bertz CT molecular complexity index is 543. The third-order valence-electron chi connectivity index (χ3n) is 2.29. The number of benzene rings is 1. The zero-order valence-corrected chi connectivity index (χ0v) is 9.75. The number of nitrogens with zero attached hydrogens (tertiary/aromatic N) is 1. The lowest BCUT2D eigenvalue weighted by Crippen LogP contribution is -2.17. The average Bonchev–Trinajstić information content (AvgIpc) is 2.92. The van der Waals surface area contributed by atoms with Gasteiger partial charge in [-0.05, 0) is 31.2 Å².